The number of nitrogens with zero attached hydrogens (tertiary/aromatic N) is 2. The number of carbonyl (C=O) groups is 2. The first-order valence-electron chi connectivity index (χ1n) is 7.42. The van der Waals surface area contributed by atoms with E-state index in [1.807, 2.05) is 11.9 Å². The lowest BCUT2D eigenvalue weighted by Gasteiger charge is -2.30. The predicted molar refractivity (Wildman–Crippen MR) is 73.7 cm³/mol. The van der Waals surface area contributed by atoms with E-state index in [1.54, 1.807) is 4.90 Å². The van der Waals surface area contributed by atoms with Crippen molar-refractivity contribution in [3.05, 3.63) is 0 Å². The lowest BCUT2D eigenvalue weighted by atomic mass is 10.1. The molecule has 2 rings (SSSR count). The van der Waals surface area contributed by atoms with Gasteiger partial charge in [-0.1, -0.05) is 12.8 Å². The Morgan fingerprint density at radius 1 is 1.26 bits per heavy atom. The first-order chi connectivity index (χ1) is 9.16. The van der Waals surface area contributed by atoms with Gasteiger partial charge in [0.1, 0.15) is 0 Å². The quantitative estimate of drug-likeness (QED) is 0.814. The summed E-state index contributed by atoms with van der Waals surface area (Å²) < 4.78 is 0. The van der Waals surface area contributed by atoms with E-state index >= 15 is 0 Å². The lowest BCUT2D eigenvalue weighted by Crippen LogP contribution is -2.49. The highest BCUT2D eigenvalue weighted by Gasteiger charge is 2.23. The second-order valence-electron chi connectivity index (χ2n) is 5.69. The van der Waals surface area contributed by atoms with Gasteiger partial charge in [0.25, 0.3) is 0 Å². The second kappa shape index (κ2) is 6.89. The van der Waals surface area contributed by atoms with Crippen LogP contribution in [-0.4, -0.2) is 60.9 Å². The molecule has 1 unspecified atom stereocenters. The number of likely N-dealkylation sites (N-methyl/N-ethyl adjacent to an activating group) is 1. The van der Waals surface area contributed by atoms with Gasteiger partial charge in [-0.2, -0.15) is 0 Å². The smallest absolute Gasteiger partial charge is 0.236 e. The maximum Gasteiger partial charge on any atom is 0.236 e. The number of hydrogen-bond donors (Lipinski definition) is 1. The lowest BCUT2D eigenvalue weighted by molar-refractivity contribution is -0.132. The van der Waals surface area contributed by atoms with Crippen LogP contribution in [-0.2, 0) is 9.59 Å². The van der Waals surface area contributed by atoms with Gasteiger partial charge in [-0.3, -0.25) is 9.59 Å². The zero-order valence-corrected chi connectivity index (χ0v) is 11.9. The van der Waals surface area contributed by atoms with Crippen molar-refractivity contribution in [3.63, 3.8) is 0 Å². The molecule has 0 radical (unpaired) electrons. The minimum Gasteiger partial charge on any atom is -0.344 e. The summed E-state index contributed by atoms with van der Waals surface area (Å²) in [5.74, 6) is 0.415. The van der Waals surface area contributed by atoms with Crippen molar-refractivity contribution in [2.45, 2.75) is 44.6 Å². The SMILES string of the molecule is CN1CC(NCC(=O)N2CCCCCC2)CCC1=O. The van der Waals surface area contributed by atoms with Crippen molar-refractivity contribution in [2.75, 3.05) is 33.2 Å². The molecule has 1 atom stereocenters. The average molecular weight is 267 g/mol. The zero-order valence-electron chi connectivity index (χ0n) is 11.9. The van der Waals surface area contributed by atoms with Crippen LogP contribution in [0.25, 0.3) is 0 Å². The highest BCUT2D eigenvalue weighted by atomic mass is 16.2. The number of rotatable bonds is 3. The minimum absolute atomic E-state index is 0.205. The van der Waals surface area contributed by atoms with Crippen LogP contribution in [0.2, 0.25) is 0 Å². The summed E-state index contributed by atoms with van der Waals surface area (Å²) in [6, 6.07) is 0.263. The summed E-state index contributed by atoms with van der Waals surface area (Å²) in [4.78, 5) is 27.2. The summed E-state index contributed by atoms with van der Waals surface area (Å²) in [5.41, 5.74) is 0. The van der Waals surface area contributed by atoms with Crippen LogP contribution in [0.3, 0.4) is 0 Å². The molecule has 2 aliphatic rings. The van der Waals surface area contributed by atoms with E-state index in [2.05, 4.69) is 5.32 Å². The van der Waals surface area contributed by atoms with Gasteiger partial charge >= 0.3 is 0 Å². The first kappa shape index (κ1) is 14.3. The van der Waals surface area contributed by atoms with Gasteiger partial charge in [0.2, 0.25) is 11.8 Å². The van der Waals surface area contributed by atoms with Gasteiger partial charge in [-0.25, -0.2) is 0 Å². The van der Waals surface area contributed by atoms with Crippen LogP contribution in [0.15, 0.2) is 0 Å². The van der Waals surface area contributed by atoms with Gasteiger partial charge in [0, 0.05) is 39.1 Å². The first-order valence-corrected chi connectivity index (χ1v) is 7.42. The molecule has 0 spiro atoms. The molecular formula is C14H25N3O2. The zero-order chi connectivity index (χ0) is 13.7. The van der Waals surface area contributed by atoms with Crippen LogP contribution in [0.5, 0.6) is 0 Å². The molecule has 5 heteroatoms. The van der Waals surface area contributed by atoms with Crippen LogP contribution in [0, 0.1) is 0 Å². The normalized spacial score (nSPS) is 25.3. The van der Waals surface area contributed by atoms with E-state index in [9.17, 15) is 9.59 Å². The monoisotopic (exact) mass is 267 g/mol. The van der Waals surface area contributed by atoms with Crippen LogP contribution in [0.4, 0.5) is 0 Å². The molecule has 0 aromatic heterocycles. The molecule has 0 saturated carbocycles. The molecule has 0 aromatic rings. The molecule has 2 saturated heterocycles. The Morgan fingerprint density at radius 2 is 1.95 bits per heavy atom. The molecular weight excluding hydrogens is 242 g/mol. The fraction of sp³-hybridized carbons (Fsp3) is 0.857. The number of carbonyl (C=O) groups excluding carboxylic acids is 2. The molecule has 1 N–H and O–H groups in total. The van der Waals surface area contributed by atoms with Gasteiger partial charge in [0.05, 0.1) is 6.54 Å². The largest absolute Gasteiger partial charge is 0.344 e. The van der Waals surface area contributed by atoms with Gasteiger partial charge < -0.3 is 15.1 Å². The van der Waals surface area contributed by atoms with E-state index in [-0.39, 0.29) is 17.9 Å². The van der Waals surface area contributed by atoms with E-state index in [0.717, 1.165) is 32.4 Å². The molecule has 0 aromatic carbocycles. The fourth-order valence-corrected chi connectivity index (χ4v) is 2.84. The Morgan fingerprint density at radius 3 is 2.58 bits per heavy atom. The summed E-state index contributed by atoms with van der Waals surface area (Å²) in [6.45, 7) is 2.94. The number of hydrogen-bond acceptors (Lipinski definition) is 3. The molecule has 5 nitrogen and oxygen atoms in total. The number of piperidine rings is 1. The Labute approximate surface area is 115 Å². The van der Waals surface area contributed by atoms with Crippen LogP contribution >= 0.6 is 0 Å². The second-order valence-corrected chi connectivity index (χ2v) is 5.69. The Kier molecular flexibility index (Phi) is 5.19. The molecule has 19 heavy (non-hydrogen) atoms. The van der Waals surface area contributed by atoms with Crippen molar-refractivity contribution in [1.82, 2.24) is 15.1 Å². The van der Waals surface area contributed by atoms with Gasteiger partial charge in [-0.05, 0) is 19.3 Å². The van der Waals surface area contributed by atoms with E-state index in [0.29, 0.717) is 19.5 Å². The third kappa shape index (κ3) is 4.20. The molecule has 0 bridgehead atoms. The standard InChI is InChI=1S/C14H25N3O2/c1-16-11-12(6-7-13(16)18)15-10-14(19)17-8-4-2-3-5-9-17/h12,15H,2-11H2,1H3. The predicted octanol–water partition coefficient (Wildman–Crippen LogP) is 0.599. The maximum atomic E-state index is 12.1. The minimum atomic E-state index is 0.205. The van der Waals surface area contributed by atoms with Crippen molar-refractivity contribution < 1.29 is 9.59 Å². The highest BCUT2D eigenvalue weighted by Crippen LogP contribution is 2.11. The fourth-order valence-electron chi connectivity index (χ4n) is 2.84. The van der Waals surface area contributed by atoms with Crippen molar-refractivity contribution >= 4 is 11.8 Å². The van der Waals surface area contributed by atoms with Crippen molar-refractivity contribution in [1.29, 1.82) is 0 Å². The third-order valence-electron chi connectivity index (χ3n) is 4.13. The van der Waals surface area contributed by atoms with E-state index in [1.165, 1.54) is 12.8 Å². The molecule has 2 amide bonds. The van der Waals surface area contributed by atoms with Crippen molar-refractivity contribution in [3.8, 4) is 0 Å². The average Bonchev–Trinajstić information content (AvgIpc) is 2.69. The van der Waals surface area contributed by atoms with Crippen LogP contribution < -0.4 is 5.32 Å². The molecule has 0 aliphatic carbocycles. The van der Waals surface area contributed by atoms with Gasteiger partial charge in [0.15, 0.2) is 0 Å². The summed E-state index contributed by atoms with van der Waals surface area (Å²) in [6.07, 6.45) is 6.18. The number of likely N-dealkylation sites (tertiary alicyclic amines) is 2. The Hall–Kier alpha value is -1.10. The third-order valence-corrected chi connectivity index (χ3v) is 4.13. The van der Waals surface area contributed by atoms with E-state index < -0.39 is 0 Å². The number of amides is 2. The van der Waals surface area contributed by atoms with Crippen LogP contribution in [0.1, 0.15) is 38.5 Å². The number of nitrogens with one attached hydrogen (secondary N) is 1. The Balaban J connectivity index is 1.72. The maximum absolute atomic E-state index is 12.1. The van der Waals surface area contributed by atoms with E-state index in [4.69, 9.17) is 0 Å². The highest BCUT2D eigenvalue weighted by molar-refractivity contribution is 5.78. The van der Waals surface area contributed by atoms with Gasteiger partial charge in [-0.15, -0.1) is 0 Å². The molecule has 2 fully saturated rings. The Bertz CT molecular complexity index is 325. The molecule has 2 aliphatic heterocycles. The topological polar surface area (TPSA) is 52.7 Å². The summed E-state index contributed by atoms with van der Waals surface area (Å²) in [5, 5.41) is 3.30. The van der Waals surface area contributed by atoms with Crippen molar-refractivity contribution in [2.24, 2.45) is 0 Å². The molecule has 2 heterocycles. The summed E-state index contributed by atoms with van der Waals surface area (Å²) in [7, 11) is 1.83. The summed E-state index contributed by atoms with van der Waals surface area (Å²) >= 11 is 0. The molecule has 108 valence electrons.